The van der Waals surface area contributed by atoms with Crippen LogP contribution in [0.15, 0.2) is 48.5 Å². The molecule has 0 saturated carbocycles. The topological polar surface area (TPSA) is 12.9 Å². The second kappa shape index (κ2) is 3.85. The van der Waals surface area contributed by atoms with E-state index in [0.717, 1.165) is 11.0 Å². The van der Waals surface area contributed by atoms with E-state index in [1.807, 2.05) is 6.07 Å². The Morgan fingerprint density at radius 2 is 1.65 bits per heavy atom. The first-order valence-electron chi connectivity index (χ1n) is 6.04. The molecule has 1 nitrogen and oxygen atoms in total. The summed E-state index contributed by atoms with van der Waals surface area (Å²) in [5, 5.41) is 2.49. The van der Waals surface area contributed by atoms with Crippen LogP contribution in [0.25, 0.3) is 21.8 Å². The Hall–Kier alpha value is -1.89. The van der Waals surface area contributed by atoms with Gasteiger partial charge in [0.25, 0.3) is 0 Å². The highest BCUT2D eigenvalue weighted by atomic mass is 14.7. The number of hydrogen-bond donors (Lipinski definition) is 0. The highest BCUT2D eigenvalue weighted by Crippen LogP contribution is 2.27. The van der Waals surface area contributed by atoms with Crippen molar-refractivity contribution in [3.8, 4) is 0 Å². The lowest BCUT2D eigenvalue weighted by Gasteiger charge is -2.10. The summed E-state index contributed by atoms with van der Waals surface area (Å²) in [6, 6.07) is 16.9. The average molecular weight is 221 g/mol. The Labute approximate surface area is 101 Å². The van der Waals surface area contributed by atoms with Crippen molar-refractivity contribution in [3.63, 3.8) is 0 Å². The number of hydrogen-bond acceptors (Lipinski definition) is 1. The fourth-order valence-electron chi connectivity index (χ4n) is 2.33. The van der Waals surface area contributed by atoms with Crippen LogP contribution in [0.5, 0.6) is 0 Å². The molecule has 0 unspecified atom stereocenters. The molecule has 0 aliphatic rings. The van der Waals surface area contributed by atoms with Gasteiger partial charge in [-0.15, -0.1) is 0 Å². The van der Waals surface area contributed by atoms with E-state index in [1.165, 1.54) is 16.3 Å². The van der Waals surface area contributed by atoms with E-state index in [1.54, 1.807) is 0 Å². The van der Waals surface area contributed by atoms with E-state index in [4.69, 9.17) is 4.98 Å². The van der Waals surface area contributed by atoms with Gasteiger partial charge in [0.05, 0.1) is 11.0 Å². The Morgan fingerprint density at radius 3 is 2.47 bits per heavy atom. The molecule has 0 bridgehead atoms. The molecule has 2 aromatic carbocycles. The van der Waals surface area contributed by atoms with Gasteiger partial charge in [0.1, 0.15) is 0 Å². The molecule has 1 heteroatoms. The normalized spacial score (nSPS) is 11.5. The third-order valence-corrected chi connectivity index (χ3v) is 3.22. The van der Waals surface area contributed by atoms with E-state index in [0.29, 0.717) is 5.92 Å². The van der Waals surface area contributed by atoms with Gasteiger partial charge < -0.3 is 0 Å². The molecule has 0 N–H and O–H groups in total. The fraction of sp³-hybridized carbons (Fsp3) is 0.188. The Morgan fingerprint density at radius 1 is 0.882 bits per heavy atom. The molecular weight excluding hydrogens is 206 g/mol. The number of pyridine rings is 1. The minimum absolute atomic E-state index is 0.529. The predicted octanol–water partition coefficient (Wildman–Crippen LogP) is 4.51. The molecule has 0 fully saturated rings. The van der Waals surface area contributed by atoms with E-state index in [2.05, 4.69) is 56.3 Å². The van der Waals surface area contributed by atoms with Gasteiger partial charge in [-0.2, -0.15) is 0 Å². The maximum Gasteiger partial charge on any atom is 0.0712 e. The van der Waals surface area contributed by atoms with Crippen molar-refractivity contribution in [2.24, 2.45) is 0 Å². The van der Waals surface area contributed by atoms with Crippen molar-refractivity contribution in [1.29, 1.82) is 0 Å². The summed E-state index contributed by atoms with van der Waals surface area (Å²) in [6.45, 7) is 4.45. The number of rotatable bonds is 1. The second-order valence-corrected chi connectivity index (χ2v) is 4.75. The minimum Gasteiger partial charge on any atom is -0.248 e. The van der Waals surface area contributed by atoms with Gasteiger partial charge >= 0.3 is 0 Å². The molecule has 1 heterocycles. The van der Waals surface area contributed by atoms with Gasteiger partial charge in [-0.05, 0) is 29.7 Å². The van der Waals surface area contributed by atoms with Crippen LogP contribution in [0.4, 0.5) is 0 Å². The largest absolute Gasteiger partial charge is 0.248 e. The van der Waals surface area contributed by atoms with Gasteiger partial charge in [0, 0.05) is 10.8 Å². The third-order valence-electron chi connectivity index (χ3n) is 3.22. The molecule has 0 radical (unpaired) electrons. The summed E-state index contributed by atoms with van der Waals surface area (Å²) in [5.74, 6) is 0.529. The van der Waals surface area contributed by atoms with Crippen LogP contribution >= 0.6 is 0 Å². The molecule has 0 aliphatic carbocycles. The number of nitrogens with zero attached hydrogens (tertiary/aromatic N) is 1. The molecule has 0 amide bonds. The molecule has 3 rings (SSSR count). The van der Waals surface area contributed by atoms with Crippen LogP contribution in [-0.4, -0.2) is 4.98 Å². The summed E-state index contributed by atoms with van der Waals surface area (Å²) in [5.41, 5.74) is 3.54. The maximum absolute atomic E-state index is 4.72. The van der Waals surface area contributed by atoms with Crippen molar-refractivity contribution >= 4 is 21.8 Å². The number of fused-ring (bicyclic) bond motifs is 2. The summed E-state index contributed by atoms with van der Waals surface area (Å²) >= 11 is 0. The maximum atomic E-state index is 4.72. The number of aromatic nitrogens is 1. The summed E-state index contributed by atoms with van der Waals surface area (Å²) in [6.07, 6.45) is 0. The van der Waals surface area contributed by atoms with Gasteiger partial charge in [0.2, 0.25) is 0 Å². The number of para-hydroxylation sites is 1. The molecule has 0 spiro atoms. The molecule has 0 atom stereocenters. The van der Waals surface area contributed by atoms with Crippen molar-refractivity contribution in [3.05, 3.63) is 54.1 Å². The van der Waals surface area contributed by atoms with Gasteiger partial charge in [0.15, 0.2) is 0 Å². The van der Waals surface area contributed by atoms with Gasteiger partial charge in [-0.1, -0.05) is 44.2 Å². The standard InChI is InChI=1S/C16H15N/c1-11(2)13-7-5-9-16-14(13)10-12-6-3-4-8-15(12)17-16/h3-11H,1-2H3. The molecular formula is C16H15N. The highest BCUT2D eigenvalue weighted by Gasteiger charge is 2.06. The zero-order valence-electron chi connectivity index (χ0n) is 10.1. The minimum atomic E-state index is 0.529. The van der Waals surface area contributed by atoms with E-state index >= 15 is 0 Å². The summed E-state index contributed by atoms with van der Waals surface area (Å²) in [4.78, 5) is 4.72. The Bertz CT molecular complexity index is 683. The van der Waals surface area contributed by atoms with Crippen LogP contribution < -0.4 is 0 Å². The van der Waals surface area contributed by atoms with Crippen molar-refractivity contribution in [2.75, 3.05) is 0 Å². The Balaban J connectivity index is 2.43. The van der Waals surface area contributed by atoms with E-state index in [9.17, 15) is 0 Å². The third kappa shape index (κ3) is 1.68. The van der Waals surface area contributed by atoms with Crippen LogP contribution in [0.2, 0.25) is 0 Å². The lowest BCUT2D eigenvalue weighted by Crippen LogP contribution is -1.91. The molecule has 0 saturated heterocycles. The molecule has 84 valence electrons. The zero-order valence-corrected chi connectivity index (χ0v) is 10.1. The fourth-order valence-corrected chi connectivity index (χ4v) is 2.33. The number of benzene rings is 2. The van der Waals surface area contributed by atoms with Crippen molar-refractivity contribution in [2.45, 2.75) is 19.8 Å². The first-order valence-corrected chi connectivity index (χ1v) is 6.04. The lowest BCUT2D eigenvalue weighted by atomic mass is 9.97. The monoisotopic (exact) mass is 221 g/mol. The van der Waals surface area contributed by atoms with Crippen LogP contribution in [0.1, 0.15) is 25.3 Å². The first kappa shape index (κ1) is 10.3. The van der Waals surface area contributed by atoms with Crippen LogP contribution in [-0.2, 0) is 0 Å². The molecule has 3 aromatic rings. The predicted molar refractivity (Wildman–Crippen MR) is 73.3 cm³/mol. The smallest absolute Gasteiger partial charge is 0.0712 e. The second-order valence-electron chi connectivity index (χ2n) is 4.75. The van der Waals surface area contributed by atoms with Crippen LogP contribution in [0.3, 0.4) is 0 Å². The molecule has 1 aromatic heterocycles. The van der Waals surface area contributed by atoms with Crippen LogP contribution in [0, 0.1) is 0 Å². The van der Waals surface area contributed by atoms with Crippen molar-refractivity contribution < 1.29 is 0 Å². The Kier molecular flexibility index (Phi) is 2.32. The van der Waals surface area contributed by atoms with Gasteiger partial charge in [-0.3, -0.25) is 0 Å². The highest BCUT2D eigenvalue weighted by molar-refractivity contribution is 5.94. The summed E-state index contributed by atoms with van der Waals surface area (Å²) in [7, 11) is 0. The van der Waals surface area contributed by atoms with Crippen molar-refractivity contribution in [1.82, 2.24) is 4.98 Å². The van der Waals surface area contributed by atoms with E-state index < -0.39 is 0 Å². The summed E-state index contributed by atoms with van der Waals surface area (Å²) < 4.78 is 0. The SMILES string of the molecule is CC(C)c1cccc2nc3ccccc3cc12. The first-order chi connectivity index (χ1) is 8.25. The molecule has 0 aliphatic heterocycles. The molecule has 17 heavy (non-hydrogen) atoms. The lowest BCUT2D eigenvalue weighted by molar-refractivity contribution is 0.876. The van der Waals surface area contributed by atoms with Gasteiger partial charge in [-0.25, -0.2) is 4.98 Å². The average Bonchev–Trinajstić information content (AvgIpc) is 2.35. The van der Waals surface area contributed by atoms with E-state index in [-0.39, 0.29) is 0 Å². The quantitative estimate of drug-likeness (QED) is 0.551. The zero-order chi connectivity index (χ0) is 11.8.